The first-order valence-corrected chi connectivity index (χ1v) is 7.38. The fourth-order valence-electron chi connectivity index (χ4n) is 2.05. The molecule has 23 heavy (non-hydrogen) atoms. The predicted molar refractivity (Wildman–Crippen MR) is 91.1 cm³/mol. The number of guanidine groups is 1. The summed E-state index contributed by atoms with van der Waals surface area (Å²) in [5.41, 5.74) is 2.59. The summed E-state index contributed by atoms with van der Waals surface area (Å²) in [6.45, 7) is 1.17. The third-order valence-electron chi connectivity index (χ3n) is 3.26. The summed E-state index contributed by atoms with van der Waals surface area (Å²) in [6.07, 6.45) is 1.76. The summed E-state index contributed by atoms with van der Waals surface area (Å²) in [6, 6.07) is 13.3. The fraction of sp³-hybridized carbons (Fsp3) is 0.235. The molecule has 0 saturated heterocycles. The topological polar surface area (TPSA) is 78.4 Å². The van der Waals surface area contributed by atoms with E-state index in [-0.39, 0.29) is 5.91 Å². The van der Waals surface area contributed by atoms with Gasteiger partial charge in [-0.1, -0.05) is 18.2 Å². The Labute approximate surface area is 136 Å². The molecule has 0 atom stereocenters. The lowest BCUT2D eigenvalue weighted by Gasteiger charge is -2.12. The summed E-state index contributed by atoms with van der Waals surface area (Å²) in [4.78, 5) is 20.1. The third-order valence-corrected chi connectivity index (χ3v) is 3.26. The van der Waals surface area contributed by atoms with Gasteiger partial charge in [0.2, 0.25) is 0 Å². The Morgan fingerprint density at radius 1 is 1.13 bits per heavy atom. The van der Waals surface area contributed by atoms with Gasteiger partial charge in [0.05, 0.1) is 12.2 Å². The highest BCUT2D eigenvalue weighted by molar-refractivity contribution is 5.94. The summed E-state index contributed by atoms with van der Waals surface area (Å²) in [5, 5.41) is 9.04. The average Bonchev–Trinajstić information content (AvgIpc) is 2.62. The van der Waals surface area contributed by atoms with E-state index in [0.29, 0.717) is 24.6 Å². The maximum absolute atomic E-state index is 11.6. The van der Waals surface area contributed by atoms with Gasteiger partial charge in [-0.05, 0) is 29.8 Å². The molecule has 0 radical (unpaired) electrons. The third kappa shape index (κ3) is 5.10. The quantitative estimate of drug-likeness (QED) is 0.574. The number of rotatable bonds is 5. The van der Waals surface area contributed by atoms with Crippen molar-refractivity contribution in [2.75, 3.05) is 14.1 Å². The molecule has 0 aliphatic carbocycles. The van der Waals surface area contributed by atoms with Gasteiger partial charge in [0.1, 0.15) is 0 Å². The van der Waals surface area contributed by atoms with E-state index in [2.05, 4.69) is 25.9 Å². The zero-order valence-electron chi connectivity index (χ0n) is 13.3. The molecule has 0 fully saturated rings. The first kappa shape index (κ1) is 16.5. The van der Waals surface area contributed by atoms with E-state index in [1.807, 2.05) is 36.4 Å². The molecule has 2 rings (SSSR count). The molecule has 0 saturated carbocycles. The molecule has 0 spiro atoms. The van der Waals surface area contributed by atoms with Gasteiger partial charge in [-0.15, -0.1) is 0 Å². The zero-order chi connectivity index (χ0) is 16.5. The van der Waals surface area contributed by atoms with Crippen LogP contribution in [0.3, 0.4) is 0 Å². The smallest absolute Gasteiger partial charge is 0.251 e. The monoisotopic (exact) mass is 311 g/mol. The molecule has 0 unspecified atom stereocenters. The minimum atomic E-state index is -0.0930. The number of aliphatic imine (C=N–C) groups is 1. The molecule has 1 heterocycles. The molecular weight excluding hydrogens is 290 g/mol. The van der Waals surface area contributed by atoms with Crippen molar-refractivity contribution < 1.29 is 4.79 Å². The Kier molecular flexibility index (Phi) is 6.11. The van der Waals surface area contributed by atoms with Crippen LogP contribution in [0.5, 0.6) is 0 Å². The van der Waals surface area contributed by atoms with E-state index < -0.39 is 0 Å². The van der Waals surface area contributed by atoms with Crippen molar-refractivity contribution in [2.24, 2.45) is 4.99 Å². The van der Waals surface area contributed by atoms with Gasteiger partial charge in [-0.2, -0.15) is 0 Å². The van der Waals surface area contributed by atoms with Gasteiger partial charge < -0.3 is 16.0 Å². The lowest BCUT2D eigenvalue weighted by atomic mass is 10.1. The van der Waals surface area contributed by atoms with Crippen LogP contribution in [-0.4, -0.2) is 30.9 Å². The Morgan fingerprint density at radius 2 is 1.96 bits per heavy atom. The normalized spacial score (nSPS) is 11.0. The van der Waals surface area contributed by atoms with Crippen molar-refractivity contribution in [1.29, 1.82) is 0 Å². The first-order valence-electron chi connectivity index (χ1n) is 7.38. The van der Waals surface area contributed by atoms with Crippen molar-refractivity contribution in [3.63, 3.8) is 0 Å². The number of carbonyl (C=O) groups excluding carboxylic acids is 1. The van der Waals surface area contributed by atoms with Crippen molar-refractivity contribution in [3.8, 4) is 0 Å². The molecule has 0 aliphatic heterocycles. The molecule has 3 N–H and O–H groups in total. The van der Waals surface area contributed by atoms with Crippen LogP contribution in [0.15, 0.2) is 53.7 Å². The zero-order valence-corrected chi connectivity index (χ0v) is 13.3. The number of hydrogen-bond acceptors (Lipinski definition) is 3. The number of hydrogen-bond donors (Lipinski definition) is 3. The van der Waals surface area contributed by atoms with Crippen LogP contribution >= 0.6 is 0 Å². The van der Waals surface area contributed by atoms with E-state index >= 15 is 0 Å². The maximum atomic E-state index is 11.6. The molecule has 1 aromatic heterocycles. The second kappa shape index (κ2) is 8.53. The van der Waals surface area contributed by atoms with Crippen LogP contribution in [0.4, 0.5) is 0 Å². The molecule has 1 aromatic carbocycles. The second-order valence-corrected chi connectivity index (χ2v) is 4.88. The van der Waals surface area contributed by atoms with Crippen molar-refractivity contribution in [1.82, 2.24) is 20.9 Å². The van der Waals surface area contributed by atoms with Crippen molar-refractivity contribution >= 4 is 11.9 Å². The number of benzene rings is 1. The molecule has 1 amide bonds. The lowest BCUT2D eigenvalue weighted by molar-refractivity contribution is 0.0963. The van der Waals surface area contributed by atoms with Gasteiger partial charge in [-0.25, -0.2) is 0 Å². The summed E-state index contributed by atoms with van der Waals surface area (Å²) < 4.78 is 0. The van der Waals surface area contributed by atoms with E-state index in [0.717, 1.165) is 11.3 Å². The highest BCUT2D eigenvalue weighted by Crippen LogP contribution is 2.05. The van der Waals surface area contributed by atoms with E-state index in [9.17, 15) is 4.79 Å². The van der Waals surface area contributed by atoms with Gasteiger partial charge in [0.15, 0.2) is 5.96 Å². The van der Waals surface area contributed by atoms with E-state index in [1.165, 1.54) is 0 Å². The first-order chi connectivity index (χ1) is 11.2. The SMILES string of the molecule is CN=C(NCc1cccc(C(=O)NC)c1)NCc1ccccn1. The number of pyridine rings is 1. The van der Waals surface area contributed by atoms with Crippen LogP contribution in [0, 0.1) is 0 Å². The van der Waals surface area contributed by atoms with Gasteiger partial charge in [0.25, 0.3) is 5.91 Å². The summed E-state index contributed by atoms with van der Waals surface area (Å²) in [7, 11) is 3.34. The molecule has 6 heteroatoms. The Hall–Kier alpha value is -2.89. The van der Waals surface area contributed by atoms with Crippen molar-refractivity contribution in [2.45, 2.75) is 13.1 Å². The van der Waals surface area contributed by atoms with Crippen LogP contribution in [0.2, 0.25) is 0 Å². The Morgan fingerprint density at radius 3 is 2.65 bits per heavy atom. The fourth-order valence-corrected chi connectivity index (χ4v) is 2.05. The largest absolute Gasteiger partial charge is 0.355 e. The van der Waals surface area contributed by atoms with Crippen LogP contribution in [0.1, 0.15) is 21.6 Å². The Bertz CT molecular complexity index is 670. The highest BCUT2D eigenvalue weighted by Gasteiger charge is 2.04. The van der Waals surface area contributed by atoms with Crippen LogP contribution < -0.4 is 16.0 Å². The number of aromatic nitrogens is 1. The summed E-state index contributed by atoms with van der Waals surface area (Å²) >= 11 is 0. The Balaban J connectivity index is 1.89. The maximum Gasteiger partial charge on any atom is 0.251 e. The van der Waals surface area contributed by atoms with E-state index in [1.54, 1.807) is 26.4 Å². The molecule has 0 aliphatic rings. The minimum Gasteiger partial charge on any atom is -0.355 e. The minimum absolute atomic E-state index is 0.0930. The number of amides is 1. The van der Waals surface area contributed by atoms with Crippen LogP contribution in [0.25, 0.3) is 0 Å². The van der Waals surface area contributed by atoms with E-state index in [4.69, 9.17) is 0 Å². The molecule has 0 bridgehead atoms. The standard InChI is InChI=1S/C17H21N5O/c1-18-16(23)14-7-5-6-13(10-14)11-21-17(19-2)22-12-15-8-3-4-9-20-15/h3-10H,11-12H2,1-2H3,(H,18,23)(H2,19,21,22). The number of nitrogens with zero attached hydrogens (tertiary/aromatic N) is 2. The average molecular weight is 311 g/mol. The predicted octanol–water partition coefficient (Wildman–Crippen LogP) is 1.31. The number of carbonyl (C=O) groups is 1. The van der Waals surface area contributed by atoms with Gasteiger partial charge in [-0.3, -0.25) is 14.8 Å². The summed E-state index contributed by atoms with van der Waals surface area (Å²) in [5.74, 6) is 0.588. The van der Waals surface area contributed by atoms with Gasteiger partial charge >= 0.3 is 0 Å². The molecule has 120 valence electrons. The van der Waals surface area contributed by atoms with Crippen molar-refractivity contribution in [3.05, 3.63) is 65.5 Å². The van der Waals surface area contributed by atoms with Gasteiger partial charge in [0, 0.05) is 32.4 Å². The molecule has 6 nitrogen and oxygen atoms in total. The van der Waals surface area contributed by atoms with Crippen LogP contribution in [-0.2, 0) is 13.1 Å². The highest BCUT2D eigenvalue weighted by atomic mass is 16.1. The number of nitrogens with one attached hydrogen (secondary N) is 3. The lowest BCUT2D eigenvalue weighted by Crippen LogP contribution is -2.36. The molecule has 2 aromatic rings. The second-order valence-electron chi connectivity index (χ2n) is 4.88. The molecular formula is C17H21N5O.